The molecule has 3 atom stereocenters. The molecule has 0 aliphatic carbocycles. The third kappa shape index (κ3) is 23.3. The monoisotopic (exact) mass is 1820 g/mol. The number of aryl methyl sites for hydroxylation is 6. The average Bonchev–Trinajstić information content (AvgIpc) is 1.01. The zero-order valence-corrected chi connectivity index (χ0v) is 83.3. The summed E-state index contributed by atoms with van der Waals surface area (Å²) < 4.78 is 107. The minimum atomic E-state index is -3.83. The molecule has 3 saturated heterocycles. The summed E-state index contributed by atoms with van der Waals surface area (Å²) in [6.07, 6.45) is 2.43. The molecular formula is C104H140FN9O14S2. The van der Waals surface area contributed by atoms with E-state index in [0.717, 1.165) is 204 Å². The Kier molecular flexibility index (Phi) is 30.0. The number of carboxylic acids is 1. The van der Waals surface area contributed by atoms with Gasteiger partial charge in [-0.2, -0.15) is 8.61 Å². The van der Waals surface area contributed by atoms with Crippen LogP contribution in [0, 0.1) is 63.6 Å². The molecule has 3 aromatic heterocycles. The molecule has 0 radical (unpaired) electrons. The van der Waals surface area contributed by atoms with Gasteiger partial charge in [0.15, 0.2) is 18.3 Å². The van der Waals surface area contributed by atoms with Gasteiger partial charge in [-0.15, -0.1) is 0 Å². The Bertz CT molecular complexity index is 5730. The summed E-state index contributed by atoms with van der Waals surface area (Å²) in [4.78, 5) is 62.5. The van der Waals surface area contributed by atoms with Gasteiger partial charge in [0.1, 0.15) is 11.6 Å². The molecule has 0 spiro atoms. The van der Waals surface area contributed by atoms with Crippen LogP contribution < -0.4 is 24.8 Å². The van der Waals surface area contributed by atoms with Crippen molar-refractivity contribution in [1.82, 2.24) is 28.9 Å². The van der Waals surface area contributed by atoms with Gasteiger partial charge in [-0.25, -0.2) is 35.6 Å². The first-order valence-corrected chi connectivity index (χ1v) is 49.0. The number of fused-ring (bicyclic) bond motifs is 3. The lowest BCUT2D eigenvalue weighted by atomic mass is 9.81. The van der Waals surface area contributed by atoms with E-state index >= 15 is 0 Å². The Morgan fingerprint density at radius 2 is 0.731 bits per heavy atom. The number of nitrogens with zero attached hydrogens (tertiary/aromatic N) is 8. The first kappa shape index (κ1) is 99.8. The Balaban J connectivity index is 0.000000178. The van der Waals surface area contributed by atoms with Gasteiger partial charge in [-0.05, 0) is 310 Å². The fourth-order valence-electron chi connectivity index (χ4n) is 18.4. The van der Waals surface area contributed by atoms with Gasteiger partial charge in [0.25, 0.3) is 0 Å². The van der Waals surface area contributed by atoms with E-state index in [9.17, 15) is 40.7 Å². The first-order valence-electron chi connectivity index (χ1n) is 46.1. The zero-order chi connectivity index (χ0) is 95.2. The topological polar surface area (TPSA) is 262 Å². The molecule has 0 saturated carbocycles. The van der Waals surface area contributed by atoms with Crippen molar-refractivity contribution in [2.45, 2.75) is 315 Å². The summed E-state index contributed by atoms with van der Waals surface area (Å²) in [6, 6.07) is 30.3. The third-order valence-electron chi connectivity index (χ3n) is 25.3. The Labute approximate surface area is 772 Å². The van der Waals surface area contributed by atoms with Crippen LogP contribution in [-0.2, 0) is 97.4 Å². The highest BCUT2D eigenvalue weighted by atomic mass is 32.2. The highest BCUT2D eigenvalue weighted by Gasteiger charge is 2.44. The van der Waals surface area contributed by atoms with Crippen LogP contribution in [0.2, 0.25) is 0 Å². The number of piperidine rings is 3. The number of hydrogen-bond acceptors (Lipinski definition) is 20. The number of carbonyl (C=O) groups is 3. The van der Waals surface area contributed by atoms with E-state index in [2.05, 4.69) is 86.7 Å². The average molecular weight is 1820 g/mol. The lowest BCUT2D eigenvalue weighted by Gasteiger charge is -2.41. The number of aromatic nitrogens is 3. The molecule has 6 aliphatic heterocycles. The van der Waals surface area contributed by atoms with Crippen LogP contribution in [0.25, 0.3) is 33.4 Å². The van der Waals surface area contributed by atoms with E-state index in [-0.39, 0.29) is 65.0 Å². The van der Waals surface area contributed by atoms with Crippen molar-refractivity contribution in [3.05, 3.63) is 193 Å². The fourth-order valence-corrected chi connectivity index (χ4v) is 21.2. The fraction of sp³-hybridized carbons (Fsp3) is 0.538. The van der Waals surface area contributed by atoms with Gasteiger partial charge in [0.2, 0.25) is 20.0 Å². The molecule has 704 valence electrons. The molecule has 6 aliphatic rings. The molecule has 2 N–H and O–H groups in total. The van der Waals surface area contributed by atoms with Crippen molar-refractivity contribution in [1.29, 1.82) is 0 Å². The molecule has 26 heteroatoms. The number of nitrogens with one attached hydrogen (secondary N) is 1. The minimum Gasteiger partial charge on any atom is -0.494 e. The molecular weight excluding hydrogens is 1680 g/mol. The lowest BCUT2D eigenvalue weighted by Crippen LogP contribution is -2.39. The van der Waals surface area contributed by atoms with Crippen LogP contribution in [-0.4, -0.2) is 138 Å². The van der Waals surface area contributed by atoms with Gasteiger partial charge in [0.05, 0.1) is 62.5 Å². The molecule has 5 aromatic carbocycles. The number of anilines is 3. The predicted octanol–water partition coefficient (Wildman–Crippen LogP) is 21.1. The number of pyridine rings is 3. The summed E-state index contributed by atoms with van der Waals surface area (Å²) in [5.41, 5.74) is 20.5. The summed E-state index contributed by atoms with van der Waals surface area (Å²) in [6.45, 7) is 60.4. The first-order chi connectivity index (χ1) is 60.6. The highest BCUT2D eigenvalue weighted by Crippen LogP contribution is 2.51. The normalized spacial score (nSPS) is 17.7. The maximum atomic E-state index is 13.8. The number of carboxylic acid groups (broad SMARTS) is 1. The second-order valence-corrected chi connectivity index (χ2v) is 45.7. The van der Waals surface area contributed by atoms with Gasteiger partial charge < -0.3 is 53.5 Å². The van der Waals surface area contributed by atoms with Gasteiger partial charge in [0, 0.05) is 146 Å². The van der Waals surface area contributed by atoms with Crippen LogP contribution in [0.15, 0.2) is 113 Å². The van der Waals surface area contributed by atoms with Crippen molar-refractivity contribution in [2.75, 3.05) is 60.6 Å². The van der Waals surface area contributed by atoms with Gasteiger partial charge in [-0.3, -0.25) is 15.0 Å². The number of benzene rings is 5. The zero-order valence-electron chi connectivity index (χ0n) is 81.7. The number of carbonyl (C=O) groups excluding carboxylic acids is 2. The second kappa shape index (κ2) is 39.1. The summed E-state index contributed by atoms with van der Waals surface area (Å²) in [5, 5.41) is 13.9. The standard InChI is InChI=1S/C37H48FN3O5S.C36H47N3O6S.C31H45N3O3/c1-23(2)45-35(42)34(46-36(5,6)7)32-25(4)39-24(3)31(33(32)40-18-16-37(8,9)17-19-40)26-10-11-27-21-41(22-28(27)20-26)47(43,44)30-14-12-29(38)13-15-30;1-9-44-28-12-14-29(15-13-28)46(42,43)39-21-26-11-10-25(20-27(26)22-39)30-23(2)37-24(3)31(33(34(40)41)45-35(4,5)6)32(30)38-18-16-36(7,8)17-19-38;1-19(2)36-29(35)28(37-30(5,6)7)26-21(4)33-20(3)25(22-10-11-23-17-32-18-24(23)16-22)27(26)34-14-12-31(8,9)13-15-34/h10-15,20,23,34H,16-19,21-22H2,1-9H3;10-15,20,33H,9,16-19,21-22H2,1-8H3,(H,40,41);10-11,16,19,28,32H,12-15,17-18H2,1-9H3/t34-;33-;28-/m000/s1. The molecule has 0 bridgehead atoms. The maximum Gasteiger partial charge on any atom is 0.340 e. The van der Waals surface area contributed by atoms with Crippen molar-refractivity contribution >= 4 is 55.0 Å². The number of hydrogen-bond donors (Lipinski definition) is 2. The Morgan fingerprint density at radius 3 is 1.05 bits per heavy atom. The Morgan fingerprint density at radius 1 is 0.431 bits per heavy atom. The molecule has 0 unspecified atom stereocenters. The largest absolute Gasteiger partial charge is 0.494 e. The lowest BCUT2D eigenvalue weighted by molar-refractivity contribution is -0.171. The van der Waals surface area contributed by atoms with Crippen LogP contribution in [0.3, 0.4) is 0 Å². The molecule has 130 heavy (non-hydrogen) atoms. The van der Waals surface area contributed by atoms with Crippen LogP contribution in [0.5, 0.6) is 5.75 Å². The smallest absolute Gasteiger partial charge is 0.340 e. The summed E-state index contributed by atoms with van der Waals surface area (Å²) >= 11 is 0. The van der Waals surface area contributed by atoms with E-state index in [0.29, 0.717) is 40.3 Å². The van der Waals surface area contributed by atoms with E-state index < -0.39 is 72.9 Å². The Hall–Kier alpha value is -9.25. The third-order valence-corrected chi connectivity index (χ3v) is 28.9. The number of halogens is 1. The number of sulfonamides is 2. The van der Waals surface area contributed by atoms with Crippen LogP contribution >= 0.6 is 0 Å². The van der Waals surface area contributed by atoms with Crippen molar-refractivity contribution < 1.29 is 69.1 Å². The summed E-state index contributed by atoms with van der Waals surface area (Å²) in [7, 11) is -7.56. The number of ether oxygens (including phenoxy) is 6. The summed E-state index contributed by atoms with van der Waals surface area (Å²) in [5.74, 6) is -1.73. The van der Waals surface area contributed by atoms with Crippen LogP contribution in [0.4, 0.5) is 21.5 Å². The number of rotatable bonds is 23. The van der Waals surface area contributed by atoms with E-state index in [4.69, 9.17) is 43.4 Å². The van der Waals surface area contributed by atoms with E-state index in [1.165, 1.54) is 31.9 Å². The predicted molar refractivity (Wildman–Crippen MR) is 511 cm³/mol. The SMILES string of the molecule is CCOc1ccc(S(=O)(=O)N2Cc3ccc(-c4c(C)nc(C)c([C@H](OC(C)(C)C)C(=O)O)c4N4CCC(C)(C)CC4)cc3C2)cc1.Cc1nc(C)c([C@H](OC(C)(C)C)C(=O)OC(C)C)c(N2CCC(C)(C)CC2)c1-c1ccc2c(c1)CN(S(=O)(=O)c1ccc(F)cc1)C2.Cc1nc(C)c([C@H](OC(C)(C)C)C(=O)OC(C)C)c(N2CCC(C)(C)CC2)c1-c1ccc2c(c1)CNC2. The molecule has 8 aromatic rings. The van der Waals surface area contributed by atoms with Gasteiger partial charge in [-0.1, -0.05) is 77.9 Å². The van der Waals surface area contributed by atoms with Crippen molar-refractivity contribution in [2.24, 2.45) is 16.2 Å². The number of aliphatic carboxylic acids is 1. The van der Waals surface area contributed by atoms with E-state index in [1.54, 1.807) is 24.3 Å². The molecule has 9 heterocycles. The number of esters is 2. The molecule has 23 nitrogen and oxygen atoms in total. The second-order valence-electron chi connectivity index (χ2n) is 41.8. The minimum absolute atomic E-state index is 0.0589. The molecule has 0 amide bonds. The highest BCUT2D eigenvalue weighted by molar-refractivity contribution is 7.89. The van der Waals surface area contributed by atoms with Crippen LogP contribution in [0.1, 0.15) is 280 Å². The van der Waals surface area contributed by atoms with E-state index in [1.807, 2.05) is 168 Å². The van der Waals surface area contributed by atoms with Crippen molar-refractivity contribution in [3.8, 4) is 39.1 Å². The van der Waals surface area contributed by atoms with Crippen molar-refractivity contribution in [3.63, 3.8) is 0 Å². The van der Waals surface area contributed by atoms with Gasteiger partial charge >= 0.3 is 17.9 Å². The quantitative estimate of drug-likeness (QED) is 0.0564. The molecule has 14 rings (SSSR count). The molecule has 3 fully saturated rings. The maximum absolute atomic E-state index is 13.8.